The van der Waals surface area contributed by atoms with E-state index in [9.17, 15) is 24.3 Å². The van der Waals surface area contributed by atoms with E-state index in [1.165, 1.54) is 27.7 Å². The van der Waals surface area contributed by atoms with Crippen LogP contribution in [0.1, 0.15) is 75.2 Å². The number of fused-ring (bicyclic) bond motifs is 5. The summed E-state index contributed by atoms with van der Waals surface area (Å²) in [4.78, 5) is 49.0. The maximum atomic E-state index is 12.5. The van der Waals surface area contributed by atoms with Gasteiger partial charge in [-0.15, -0.1) is 0 Å². The fraction of sp³-hybridized carbons (Fsp3) is 0.786. The molecule has 0 aromatic heterocycles. The van der Waals surface area contributed by atoms with Gasteiger partial charge < -0.3 is 28.8 Å². The van der Waals surface area contributed by atoms with Crippen molar-refractivity contribution in [3.05, 3.63) is 11.6 Å². The summed E-state index contributed by atoms with van der Waals surface area (Å²) in [6, 6.07) is 0. The smallest absolute Gasteiger partial charge is 0.303 e. The Bertz CT molecular complexity index is 984. The highest BCUT2D eigenvalue weighted by Crippen LogP contribution is 2.58. The fourth-order valence-electron chi connectivity index (χ4n) is 7.01. The molecule has 10 nitrogen and oxygen atoms in total. The first-order chi connectivity index (χ1) is 17.5. The highest BCUT2D eigenvalue weighted by molar-refractivity contribution is 5.69. The minimum absolute atomic E-state index is 0.0887. The van der Waals surface area contributed by atoms with Gasteiger partial charge in [0.25, 0.3) is 0 Å². The number of carbonyl (C=O) groups excluding carboxylic acids is 4. The number of aliphatic hydroxyl groups is 1. The van der Waals surface area contributed by atoms with E-state index >= 15 is 0 Å². The van der Waals surface area contributed by atoms with Crippen molar-refractivity contribution in [2.75, 3.05) is 0 Å². The van der Waals surface area contributed by atoms with Gasteiger partial charge in [-0.05, 0) is 45.1 Å². The molecule has 10 heteroatoms. The second-order valence-electron chi connectivity index (χ2n) is 11.7. The van der Waals surface area contributed by atoms with E-state index in [4.69, 9.17) is 23.7 Å². The molecule has 38 heavy (non-hydrogen) atoms. The first kappa shape index (κ1) is 30.1. The van der Waals surface area contributed by atoms with E-state index < -0.39 is 83.4 Å². The average molecular weight is 539 g/mol. The topological polar surface area (TPSA) is 135 Å². The van der Waals surface area contributed by atoms with Crippen molar-refractivity contribution in [2.24, 2.45) is 23.7 Å². The summed E-state index contributed by atoms with van der Waals surface area (Å²) in [5.74, 6) is -3.75. The highest BCUT2D eigenvalue weighted by Gasteiger charge is 2.70. The molecule has 0 unspecified atom stereocenters. The standard InChI is InChI=1S/C28H42O10/c1-13(2)21-22-23(28(9,38-18(7)32)26(36-17(6)31)24(21)35-16(5)30)20-12-14(3)19(34-15(4)29)10-11-27(8,33)25(22)37-20/h12-13,19-26,33H,10-11H2,1-9H3/b14-12-/t19-,20+,21+,22+,23+,24-,25+,26-,27+,28-/m0/s1. The van der Waals surface area contributed by atoms with Crippen LogP contribution in [0.25, 0.3) is 0 Å². The van der Waals surface area contributed by atoms with Gasteiger partial charge in [0.05, 0.1) is 17.8 Å². The molecule has 0 radical (unpaired) electrons. The van der Waals surface area contributed by atoms with Crippen LogP contribution < -0.4 is 0 Å². The van der Waals surface area contributed by atoms with E-state index in [0.29, 0.717) is 6.42 Å². The Morgan fingerprint density at radius 3 is 2.05 bits per heavy atom. The number of hydrogen-bond donors (Lipinski definition) is 1. The Labute approximate surface area is 224 Å². The van der Waals surface area contributed by atoms with Crippen molar-refractivity contribution in [2.45, 2.75) is 117 Å². The Morgan fingerprint density at radius 2 is 1.55 bits per heavy atom. The molecular weight excluding hydrogens is 496 g/mol. The third-order valence-corrected chi connectivity index (χ3v) is 8.27. The van der Waals surface area contributed by atoms with Crippen molar-refractivity contribution < 1.29 is 48.0 Å². The minimum Gasteiger partial charge on any atom is -0.458 e. The summed E-state index contributed by atoms with van der Waals surface area (Å²) in [5.41, 5.74) is -2.11. The molecule has 0 aromatic rings. The van der Waals surface area contributed by atoms with E-state index in [1.54, 1.807) is 13.8 Å². The third-order valence-electron chi connectivity index (χ3n) is 8.27. The van der Waals surface area contributed by atoms with Gasteiger partial charge in [0.1, 0.15) is 12.2 Å². The summed E-state index contributed by atoms with van der Waals surface area (Å²) in [7, 11) is 0. The largest absolute Gasteiger partial charge is 0.458 e. The number of esters is 4. The molecule has 214 valence electrons. The van der Waals surface area contributed by atoms with Gasteiger partial charge >= 0.3 is 23.9 Å². The van der Waals surface area contributed by atoms with Gasteiger partial charge in [-0.3, -0.25) is 19.2 Å². The van der Waals surface area contributed by atoms with E-state index in [-0.39, 0.29) is 12.3 Å². The maximum Gasteiger partial charge on any atom is 0.303 e. The summed E-state index contributed by atoms with van der Waals surface area (Å²) < 4.78 is 29.8. The van der Waals surface area contributed by atoms with E-state index in [2.05, 4.69) is 0 Å². The van der Waals surface area contributed by atoms with Gasteiger partial charge in [-0.2, -0.15) is 0 Å². The highest BCUT2D eigenvalue weighted by atomic mass is 16.6. The fourth-order valence-corrected chi connectivity index (χ4v) is 7.01. The zero-order valence-corrected chi connectivity index (χ0v) is 23.8. The second-order valence-corrected chi connectivity index (χ2v) is 11.7. The van der Waals surface area contributed by atoms with Crippen LogP contribution in [-0.4, -0.2) is 70.7 Å². The first-order valence-electron chi connectivity index (χ1n) is 13.3. The maximum absolute atomic E-state index is 12.5. The number of hydrogen-bond acceptors (Lipinski definition) is 10. The molecule has 2 aliphatic heterocycles. The van der Waals surface area contributed by atoms with Crippen LogP contribution >= 0.6 is 0 Å². The molecule has 0 aromatic carbocycles. The molecule has 2 fully saturated rings. The van der Waals surface area contributed by atoms with Crippen LogP contribution in [0.15, 0.2) is 11.6 Å². The normalized spacial score (nSPS) is 41.9. The lowest BCUT2D eigenvalue weighted by Crippen LogP contribution is -2.69. The van der Waals surface area contributed by atoms with Crippen molar-refractivity contribution >= 4 is 23.9 Å². The molecule has 1 saturated heterocycles. The van der Waals surface area contributed by atoms with Gasteiger partial charge in [0, 0.05) is 45.4 Å². The lowest BCUT2D eigenvalue weighted by molar-refractivity contribution is -0.247. The van der Waals surface area contributed by atoms with Gasteiger partial charge in [0.2, 0.25) is 0 Å². The average Bonchev–Trinajstić information content (AvgIpc) is 3.13. The van der Waals surface area contributed by atoms with Crippen LogP contribution in [0.5, 0.6) is 0 Å². The van der Waals surface area contributed by atoms with Crippen LogP contribution in [0, 0.1) is 23.7 Å². The minimum atomic E-state index is -1.48. The van der Waals surface area contributed by atoms with Crippen LogP contribution in [0.3, 0.4) is 0 Å². The van der Waals surface area contributed by atoms with Crippen molar-refractivity contribution in [1.82, 2.24) is 0 Å². The Morgan fingerprint density at radius 1 is 0.974 bits per heavy atom. The number of carbonyl (C=O) groups is 4. The van der Waals surface area contributed by atoms with Crippen molar-refractivity contribution in [3.63, 3.8) is 0 Å². The Hall–Kier alpha value is -2.46. The molecule has 2 bridgehead atoms. The number of rotatable bonds is 5. The second kappa shape index (κ2) is 11.0. The summed E-state index contributed by atoms with van der Waals surface area (Å²) in [6.45, 7) is 14.2. The zero-order valence-electron chi connectivity index (χ0n) is 23.8. The molecule has 3 rings (SSSR count). The summed E-state index contributed by atoms with van der Waals surface area (Å²) in [6.07, 6.45) is -1.58. The SMILES string of the molecule is CC(=O)O[C@H]1[C@H](C(C)C)[C@@H]2[C@@H]([C@H]3/C=C(/C)[C@@H](OC(C)=O)CC[C@@](C)(O)[C@@H]2O3)[C@](C)(OC(C)=O)[C@H]1OC(C)=O. The van der Waals surface area contributed by atoms with Crippen LogP contribution in [0.2, 0.25) is 0 Å². The van der Waals surface area contributed by atoms with E-state index in [0.717, 1.165) is 5.57 Å². The molecule has 1 aliphatic carbocycles. The lowest BCUT2D eigenvalue weighted by atomic mass is 9.55. The van der Waals surface area contributed by atoms with Gasteiger partial charge in [0.15, 0.2) is 11.7 Å². The number of ether oxygens (including phenoxy) is 5. The van der Waals surface area contributed by atoms with Crippen LogP contribution in [0.4, 0.5) is 0 Å². The van der Waals surface area contributed by atoms with E-state index in [1.807, 2.05) is 26.8 Å². The molecule has 3 aliphatic rings. The molecule has 2 heterocycles. The Kier molecular flexibility index (Phi) is 8.68. The predicted octanol–water partition coefficient (Wildman–Crippen LogP) is 2.88. The molecule has 0 spiro atoms. The van der Waals surface area contributed by atoms with Crippen molar-refractivity contribution in [1.29, 1.82) is 0 Å². The van der Waals surface area contributed by atoms with Gasteiger partial charge in [-0.25, -0.2) is 0 Å². The molecule has 10 atom stereocenters. The monoisotopic (exact) mass is 538 g/mol. The third kappa shape index (κ3) is 5.76. The molecular formula is C28H42O10. The molecule has 1 saturated carbocycles. The molecule has 1 N–H and O–H groups in total. The Balaban J connectivity index is 2.30. The first-order valence-corrected chi connectivity index (χ1v) is 13.3. The zero-order chi connectivity index (χ0) is 28.7. The molecule has 0 amide bonds. The predicted molar refractivity (Wildman–Crippen MR) is 134 cm³/mol. The quantitative estimate of drug-likeness (QED) is 0.316. The summed E-state index contributed by atoms with van der Waals surface area (Å²) in [5, 5.41) is 11.8. The lowest BCUT2D eigenvalue weighted by Gasteiger charge is -2.55. The van der Waals surface area contributed by atoms with Gasteiger partial charge in [-0.1, -0.05) is 19.9 Å². The van der Waals surface area contributed by atoms with Crippen molar-refractivity contribution in [3.8, 4) is 0 Å². The summed E-state index contributed by atoms with van der Waals surface area (Å²) >= 11 is 0. The van der Waals surface area contributed by atoms with Crippen LogP contribution in [-0.2, 0) is 42.9 Å².